The Balaban J connectivity index is 1.72. The van der Waals surface area contributed by atoms with Crippen molar-refractivity contribution in [1.82, 2.24) is 4.90 Å². The van der Waals surface area contributed by atoms with E-state index in [-0.39, 0.29) is 18.2 Å². The highest BCUT2D eigenvalue weighted by molar-refractivity contribution is 8.15. The molecule has 8 heteroatoms. The van der Waals surface area contributed by atoms with Gasteiger partial charge in [-0.25, -0.2) is 4.99 Å². The fourth-order valence-electron chi connectivity index (χ4n) is 2.85. The fourth-order valence-corrected chi connectivity index (χ4v) is 4.16. The molecular formula is C21H22ClN3O3S. The number of hydrogen-bond acceptors (Lipinski definition) is 5. The third-order valence-electron chi connectivity index (χ3n) is 4.66. The molecule has 0 spiro atoms. The van der Waals surface area contributed by atoms with Crippen LogP contribution in [-0.4, -0.2) is 41.3 Å². The number of nitrogens with zero attached hydrogens (tertiary/aromatic N) is 2. The molecule has 1 atom stereocenters. The van der Waals surface area contributed by atoms with E-state index < -0.39 is 5.25 Å². The van der Waals surface area contributed by atoms with E-state index in [9.17, 15) is 9.59 Å². The van der Waals surface area contributed by atoms with Crippen molar-refractivity contribution in [3.63, 3.8) is 0 Å². The van der Waals surface area contributed by atoms with Crippen LogP contribution in [0.4, 0.5) is 11.4 Å². The van der Waals surface area contributed by atoms with E-state index in [1.54, 1.807) is 32.4 Å². The van der Waals surface area contributed by atoms with Crippen LogP contribution in [-0.2, 0) is 9.59 Å². The van der Waals surface area contributed by atoms with E-state index in [0.717, 1.165) is 16.8 Å². The van der Waals surface area contributed by atoms with Gasteiger partial charge < -0.3 is 10.1 Å². The van der Waals surface area contributed by atoms with Gasteiger partial charge in [0.25, 0.3) is 0 Å². The minimum atomic E-state index is -0.532. The largest absolute Gasteiger partial charge is 0.494 e. The van der Waals surface area contributed by atoms with Crippen LogP contribution in [0.3, 0.4) is 0 Å². The molecule has 1 N–H and O–H groups in total. The smallest absolute Gasteiger partial charge is 0.242 e. The molecule has 3 rings (SSSR count). The molecule has 0 aromatic heterocycles. The van der Waals surface area contributed by atoms with E-state index >= 15 is 0 Å². The number of nitrogens with one attached hydrogen (secondary N) is 1. The quantitative estimate of drug-likeness (QED) is 0.753. The topological polar surface area (TPSA) is 71.0 Å². The van der Waals surface area contributed by atoms with E-state index in [4.69, 9.17) is 16.3 Å². The number of anilines is 1. The van der Waals surface area contributed by atoms with Crippen molar-refractivity contribution in [3.05, 3.63) is 52.5 Å². The summed E-state index contributed by atoms with van der Waals surface area (Å²) in [4.78, 5) is 31.0. The Morgan fingerprint density at radius 2 is 2.00 bits per heavy atom. The second-order valence-electron chi connectivity index (χ2n) is 6.77. The molecule has 152 valence electrons. The number of rotatable bonds is 5. The van der Waals surface area contributed by atoms with Gasteiger partial charge in [-0.05, 0) is 55.3 Å². The Labute approximate surface area is 179 Å². The Kier molecular flexibility index (Phi) is 6.49. The molecule has 2 amide bonds. The molecule has 1 heterocycles. The van der Waals surface area contributed by atoms with Gasteiger partial charge in [0.2, 0.25) is 11.8 Å². The van der Waals surface area contributed by atoms with Crippen molar-refractivity contribution in [2.75, 3.05) is 19.5 Å². The van der Waals surface area contributed by atoms with Gasteiger partial charge in [-0.15, -0.1) is 0 Å². The highest BCUT2D eigenvalue weighted by Gasteiger charge is 2.37. The lowest BCUT2D eigenvalue weighted by Crippen LogP contribution is -2.30. The standard InChI is InChI=1S/C21H22ClN3O3S/c1-12-5-7-15(9-13(12)2)23-19(26)11-18-20(27)25(3)21(29-18)24-16-10-14(22)6-8-17(16)28-4/h5-10,18H,11H2,1-4H3,(H,23,26). The van der Waals surface area contributed by atoms with Gasteiger partial charge in [0, 0.05) is 24.2 Å². The average Bonchev–Trinajstić information content (AvgIpc) is 2.93. The first-order valence-electron chi connectivity index (χ1n) is 9.02. The molecule has 1 unspecified atom stereocenters. The first-order chi connectivity index (χ1) is 13.8. The van der Waals surface area contributed by atoms with E-state index in [1.807, 2.05) is 32.0 Å². The number of hydrogen-bond donors (Lipinski definition) is 1. The minimum Gasteiger partial charge on any atom is -0.494 e. The number of halogens is 1. The first-order valence-corrected chi connectivity index (χ1v) is 10.3. The molecule has 6 nitrogen and oxygen atoms in total. The molecular weight excluding hydrogens is 410 g/mol. The summed E-state index contributed by atoms with van der Waals surface area (Å²) in [5.74, 6) is 0.179. The molecule has 29 heavy (non-hydrogen) atoms. The van der Waals surface area contributed by atoms with Gasteiger partial charge >= 0.3 is 0 Å². The van der Waals surface area contributed by atoms with Crippen LogP contribution < -0.4 is 10.1 Å². The molecule has 2 aromatic carbocycles. The van der Waals surface area contributed by atoms with E-state index in [1.165, 1.54) is 16.7 Å². The number of ether oxygens (including phenoxy) is 1. The first kappa shape index (κ1) is 21.2. The average molecular weight is 432 g/mol. The van der Waals surface area contributed by atoms with Crippen LogP contribution in [0.2, 0.25) is 5.02 Å². The molecule has 0 radical (unpaired) electrons. The van der Waals surface area contributed by atoms with Crippen molar-refractivity contribution >= 4 is 51.7 Å². The maximum Gasteiger partial charge on any atom is 0.242 e. The number of methoxy groups -OCH3 is 1. The number of aryl methyl sites for hydroxylation is 2. The normalized spacial score (nSPS) is 17.7. The minimum absolute atomic E-state index is 0.0620. The summed E-state index contributed by atoms with van der Waals surface area (Å²) in [6.45, 7) is 4.00. The Morgan fingerprint density at radius 1 is 1.24 bits per heavy atom. The molecule has 1 saturated heterocycles. The van der Waals surface area contributed by atoms with Crippen LogP contribution in [0.1, 0.15) is 17.5 Å². The Bertz CT molecular complexity index is 993. The predicted octanol–water partition coefficient (Wildman–Crippen LogP) is 4.56. The van der Waals surface area contributed by atoms with Crippen LogP contribution in [0.15, 0.2) is 41.4 Å². The Hall–Kier alpha value is -2.51. The zero-order valence-corrected chi connectivity index (χ0v) is 18.2. The number of carbonyl (C=O) groups is 2. The molecule has 0 bridgehead atoms. The summed E-state index contributed by atoms with van der Waals surface area (Å²) in [6, 6.07) is 10.8. The molecule has 0 saturated carbocycles. The summed E-state index contributed by atoms with van der Waals surface area (Å²) in [5.41, 5.74) is 3.50. The second-order valence-corrected chi connectivity index (χ2v) is 8.37. The van der Waals surface area contributed by atoms with Gasteiger partial charge in [-0.1, -0.05) is 29.4 Å². The summed E-state index contributed by atoms with van der Waals surface area (Å²) in [6.07, 6.45) is 0.0620. The van der Waals surface area contributed by atoms with Crippen molar-refractivity contribution in [2.45, 2.75) is 25.5 Å². The van der Waals surface area contributed by atoms with Crippen molar-refractivity contribution in [2.24, 2.45) is 4.99 Å². The summed E-state index contributed by atoms with van der Waals surface area (Å²) in [7, 11) is 3.19. The van der Waals surface area contributed by atoms with Gasteiger partial charge in [-0.3, -0.25) is 14.5 Å². The number of thioether (sulfide) groups is 1. The van der Waals surface area contributed by atoms with Crippen molar-refractivity contribution in [3.8, 4) is 5.75 Å². The molecule has 2 aromatic rings. The number of benzene rings is 2. The summed E-state index contributed by atoms with van der Waals surface area (Å²) >= 11 is 7.31. The molecule has 1 aliphatic heterocycles. The SMILES string of the molecule is COc1ccc(Cl)cc1N=C1SC(CC(=O)Nc2ccc(C)c(C)c2)C(=O)N1C. The third kappa shape index (κ3) is 4.92. The van der Waals surface area contributed by atoms with Crippen LogP contribution in [0.5, 0.6) is 5.75 Å². The molecule has 1 aliphatic rings. The van der Waals surface area contributed by atoms with Crippen LogP contribution in [0.25, 0.3) is 0 Å². The zero-order chi connectivity index (χ0) is 21.1. The van der Waals surface area contributed by atoms with E-state index in [2.05, 4.69) is 10.3 Å². The van der Waals surface area contributed by atoms with Crippen LogP contribution >= 0.6 is 23.4 Å². The lowest BCUT2D eigenvalue weighted by molar-refractivity contribution is -0.127. The number of aliphatic imine (C=N–C) groups is 1. The molecule has 0 aliphatic carbocycles. The van der Waals surface area contributed by atoms with E-state index in [0.29, 0.717) is 21.6 Å². The fraction of sp³-hybridized carbons (Fsp3) is 0.286. The van der Waals surface area contributed by atoms with Crippen LogP contribution in [0, 0.1) is 13.8 Å². The monoisotopic (exact) mass is 431 g/mol. The second kappa shape index (κ2) is 8.88. The zero-order valence-electron chi connectivity index (χ0n) is 16.7. The van der Waals surface area contributed by atoms with Gasteiger partial charge in [0.1, 0.15) is 16.7 Å². The van der Waals surface area contributed by atoms with Crippen molar-refractivity contribution in [1.29, 1.82) is 0 Å². The molecule has 1 fully saturated rings. The maximum atomic E-state index is 12.6. The third-order valence-corrected chi connectivity index (χ3v) is 6.12. The van der Waals surface area contributed by atoms with Gasteiger partial charge in [0.15, 0.2) is 5.17 Å². The number of carbonyl (C=O) groups excluding carboxylic acids is 2. The number of amidine groups is 1. The lowest BCUT2D eigenvalue weighted by atomic mass is 10.1. The highest BCUT2D eigenvalue weighted by atomic mass is 35.5. The maximum absolute atomic E-state index is 12.6. The summed E-state index contributed by atoms with van der Waals surface area (Å²) in [5, 5.41) is 3.35. The predicted molar refractivity (Wildman–Crippen MR) is 118 cm³/mol. The van der Waals surface area contributed by atoms with Gasteiger partial charge in [0.05, 0.1) is 7.11 Å². The van der Waals surface area contributed by atoms with Crippen molar-refractivity contribution < 1.29 is 14.3 Å². The lowest BCUT2D eigenvalue weighted by Gasteiger charge is -2.10. The summed E-state index contributed by atoms with van der Waals surface area (Å²) < 4.78 is 5.31. The highest BCUT2D eigenvalue weighted by Crippen LogP contribution is 2.35. The van der Waals surface area contributed by atoms with Gasteiger partial charge in [-0.2, -0.15) is 0 Å². The Morgan fingerprint density at radius 3 is 2.69 bits per heavy atom. The number of amides is 2.